The first-order chi connectivity index (χ1) is 13.7. The molecule has 0 aliphatic carbocycles. The second kappa shape index (κ2) is 6.26. The molecule has 0 radical (unpaired) electrons. The first kappa shape index (κ1) is 16.1. The molecule has 12 heteroatoms. The molecule has 0 aliphatic heterocycles. The van der Waals surface area contributed by atoms with Gasteiger partial charge in [-0.1, -0.05) is 10.4 Å². The van der Waals surface area contributed by atoms with E-state index in [1.54, 1.807) is 43.2 Å². The van der Waals surface area contributed by atoms with Gasteiger partial charge in [-0.05, 0) is 6.92 Å². The largest absolute Gasteiger partial charge is 0.469 e. The lowest BCUT2D eigenvalue weighted by Crippen LogP contribution is -2.04. The number of hydrogen-bond donors (Lipinski definition) is 0. The maximum absolute atomic E-state index is 5.89. The summed E-state index contributed by atoms with van der Waals surface area (Å²) in [6, 6.07) is 3.48. The van der Waals surface area contributed by atoms with E-state index >= 15 is 0 Å². The molecule has 0 aromatic carbocycles. The van der Waals surface area contributed by atoms with Crippen molar-refractivity contribution in [1.82, 2.24) is 44.9 Å². The molecule has 0 aliphatic rings. The van der Waals surface area contributed by atoms with Crippen LogP contribution in [0.5, 0.6) is 5.88 Å². The van der Waals surface area contributed by atoms with Crippen LogP contribution in [0.1, 0.15) is 11.5 Å². The molecular weight excluding hydrogens is 366 g/mol. The number of rotatable bonds is 5. The lowest BCUT2D eigenvalue weighted by molar-refractivity contribution is 0.285. The van der Waals surface area contributed by atoms with Crippen molar-refractivity contribution >= 4 is 5.65 Å². The molecule has 0 saturated heterocycles. The Bertz CT molecular complexity index is 1250. The Kier molecular flexibility index (Phi) is 3.60. The summed E-state index contributed by atoms with van der Waals surface area (Å²) in [6.45, 7) is 1.96. The maximum atomic E-state index is 5.89. The summed E-state index contributed by atoms with van der Waals surface area (Å²) in [6.07, 6.45) is 4.77. The summed E-state index contributed by atoms with van der Waals surface area (Å²) in [5.74, 6) is 1.71. The molecular formula is C16H13N9O3. The van der Waals surface area contributed by atoms with E-state index in [9.17, 15) is 0 Å². The highest BCUT2D eigenvalue weighted by Gasteiger charge is 2.20. The third-order valence-electron chi connectivity index (χ3n) is 3.89. The summed E-state index contributed by atoms with van der Waals surface area (Å²) in [4.78, 5) is 4.18. The van der Waals surface area contributed by atoms with Gasteiger partial charge in [0.25, 0.3) is 0 Å². The van der Waals surface area contributed by atoms with Crippen LogP contribution in [0.25, 0.3) is 28.6 Å². The first-order valence-electron chi connectivity index (χ1n) is 8.25. The average molecular weight is 379 g/mol. The molecule has 28 heavy (non-hydrogen) atoms. The lowest BCUT2D eigenvalue weighted by Gasteiger charge is -2.08. The third kappa shape index (κ3) is 2.76. The van der Waals surface area contributed by atoms with E-state index in [-0.39, 0.29) is 12.5 Å². The van der Waals surface area contributed by atoms with Crippen molar-refractivity contribution in [3.63, 3.8) is 0 Å². The zero-order chi connectivity index (χ0) is 19.1. The van der Waals surface area contributed by atoms with Gasteiger partial charge in [0.2, 0.25) is 17.6 Å². The van der Waals surface area contributed by atoms with Crippen molar-refractivity contribution in [1.29, 1.82) is 0 Å². The minimum absolute atomic E-state index is 0.167. The molecule has 0 saturated carbocycles. The minimum Gasteiger partial charge on any atom is -0.469 e. The van der Waals surface area contributed by atoms with Gasteiger partial charge < -0.3 is 13.7 Å². The normalized spacial score (nSPS) is 11.4. The molecule has 0 unspecified atom stereocenters. The highest BCUT2D eigenvalue weighted by molar-refractivity contribution is 5.66. The number of oxazole rings is 1. The van der Waals surface area contributed by atoms with Crippen LogP contribution in [0, 0.1) is 6.92 Å². The highest BCUT2D eigenvalue weighted by Crippen LogP contribution is 2.29. The van der Waals surface area contributed by atoms with Crippen LogP contribution in [-0.2, 0) is 13.7 Å². The van der Waals surface area contributed by atoms with Crippen molar-refractivity contribution in [3.8, 4) is 28.9 Å². The van der Waals surface area contributed by atoms with Gasteiger partial charge in [-0.15, -0.1) is 20.4 Å². The summed E-state index contributed by atoms with van der Waals surface area (Å²) in [5.41, 5.74) is 2.19. The zero-order valence-corrected chi connectivity index (χ0v) is 14.8. The molecule has 0 fully saturated rings. The predicted octanol–water partition coefficient (Wildman–Crippen LogP) is 1.45. The highest BCUT2D eigenvalue weighted by atomic mass is 16.5. The van der Waals surface area contributed by atoms with E-state index in [1.807, 2.05) is 0 Å². The molecule has 0 atom stereocenters. The first-order valence-corrected chi connectivity index (χ1v) is 8.25. The molecule has 5 rings (SSSR count). The maximum Gasteiger partial charge on any atom is 0.245 e. The molecule has 5 heterocycles. The van der Waals surface area contributed by atoms with Gasteiger partial charge in [0.15, 0.2) is 11.3 Å². The summed E-state index contributed by atoms with van der Waals surface area (Å²) >= 11 is 0. The SMILES string of the molecule is Cc1cc(-c2nnc3cc(-c4ncco4)c(OCc4cn(C)nn4)nn23)no1. The number of aromatic nitrogens is 9. The number of nitrogens with zero attached hydrogens (tertiary/aromatic N) is 9. The Labute approximate surface area is 156 Å². The van der Waals surface area contributed by atoms with Crippen molar-refractivity contribution in [3.05, 3.63) is 42.2 Å². The van der Waals surface area contributed by atoms with E-state index in [2.05, 4.69) is 35.7 Å². The van der Waals surface area contributed by atoms with Gasteiger partial charge in [-0.25, -0.2) is 4.98 Å². The molecule has 0 spiro atoms. The Morgan fingerprint density at radius 2 is 2.11 bits per heavy atom. The number of fused-ring (bicyclic) bond motifs is 1. The smallest absolute Gasteiger partial charge is 0.245 e. The Morgan fingerprint density at radius 1 is 1.18 bits per heavy atom. The molecule has 0 bridgehead atoms. The van der Waals surface area contributed by atoms with Crippen LogP contribution in [0.3, 0.4) is 0 Å². The summed E-state index contributed by atoms with van der Waals surface area (Å²) < 4.78 is 19.5. The van der Waals surface area contributed by atoms with Gasteiger partial charge in [0.1, 0.15) is 29.9 Å². The zero-order valence-electron chi connectivity index (χ0n) is 14.8. The second-order valence-electron chi connectivity index (χ2n) is 5.99. The quantitative estimate of drug-likeness (QED) is 0.441. The van der Waals surface area contributed by atoms with Crippen molar-refractivity contribution in [2.45, 2.75) is 13.5 Å². The third-order valence-corrected chi connectivity index (χ3v) is 3.89. The van der Waals surface area contributed by atoms with Crippen molar-refractivity contribution in [2.24, 2.45) is 7.05 Å². The van der Waals surface area contributed by atoms with Gasteiger partial charge in [0, 0.05) is 19.2 Å². The number of ether oxygens (including phenoxy) is 1. The van der Waals surface area contributed by atoms with Crippen LogP contribution in [-0.4, -0.2) is 44.9 Å². The van der Waals surface area contributed by atoms with Crippen LogP contribution in [0.2, 0.25) is 0 Å². The predicted molar refractivity (Wildman–Crippen MR) is 91.8 cm³/mol. The van der Waals surface area contributed by atoms with E-state index in [4.69, 9.17) is 13.7 Å². The Morgan fingerprint density at radius 3 is 2.82 bits per heavy atom. The summed E-state index contributed by atoms with van der Waals surface area (Å²) in [5, 5.41) is 24.7. The standard InChI is InChI=1S/C16H13N9O3/c1-9-5-12(22-28-9)14-20-19-13-6-11(15-17-3-4-26-15)16(21-25(13)14)27-8-10-7-24(2)23-18-10/h3-7H,8H2,1-2H3. The van der Waals surface area contributed by atoms with E-state index in [0.29, 0.717) is 40.1 Å². The van der Waals surface area contributed by atoms with Crippen LogP contribution < -0.4 is 4.74 Å². The topological polar surface area (TPSA) is 135 Å². The fraction of sp³-hybridized carbons (Fsp3) is 0.188. The van der Waals surface area contributed by atoms with Crippen LogP contribution in [0.4, 0.5) is 0 Å². The van der Waals surface area contributed by atoms with Crippen LogP contribution >= 0.6 is 0 Å². The fourth-order valence-electron chi connectivity index (χ4n) is 2.67. The Balaban J connectivity index is 1.60. The van der Waals surface area contributed by atoms with Gasteiger partial charge in [0.05, 0.1) is 12.4 Å². The fourth-order valence-corrected chi connectivity index (χ4v) is 2.67. The van der Waals surface area contributed by atoms with Gasteiger partial charge in [-0.3, -0.25) is 4.68 Å². The molecule has 140 valence electrons. The summed E-state index contributed by atoms with van der Waals surface area (Å²) in [7, 11) is 1.78. The lowest BCUT2D eigenvalue weighted by atomic mass is 10.3. The van der Waals surface area contributed by atoms with Crippen molar-refractivity contribution < 1.29 is 13.7 Å². The Hall–Kier alpha value is -4.09. The monoisotopic (exact) mass is 379 g/mol. The van der Waals surface area contributed by atoms with Crippen molar-refractivity contribution in [2.75, 3.05) is 0 Å². The number of hydrogen-bond acceptors (Lipinski definition) is 10. The average Bonchev–Trinajstić information content (AvgIpc) is 3.46. The molecule has 0 N–H and O–H groups in total. The molecule has 5 aromatic heterocycles. The molecule has 0 amide bonds. The van der Waals surface area contributed by atoms with E-state index < -0.39 is 0 Å². The second-order valence-corrected chi connectivity index (χ2v) is 5.99. The van der Waals surface area contributed by atoms with Gasteiger partial charge >= 0.3 is 0 Å². The van der Waals surface area contributed by atoms with E-state index in [1.165, 1.54) is 10.8 Å². The van der Waals surface area contributed by atoms with Crippen LogP contribution in [0.15, 0.2) is 39.7 Å². The molecule has 12 nitrogen and oxygen atoms in total. The number of aryl methyl sites for hydroxylation is 2. The van der Waals surface area contributed by atoms with E-state index in [0.717, 1.165) is 0 Å². The molecule has 5 aromatic rings. The van der Waals surface area contributed by atoms with Gasteiger partial charge in [-0.2, -0.15) is 4.52 Å². The minimum atomic E-state index is 0.167.